The second kappa shape index (κ2) is 6.76. The van der Waals surface area contributed by atoms with Crippen molar-refractivity contribution in [2.45, 2.75) is 13.5 Å². The van der Waals surface area contributed by atoms with Gasteiger partial charge in [-0.1, -0.05) is 30.3 Å². The molecule has 0 aliphatic carbocycles. The molecule has 0 saturated heterocycles. The summed E-state index contributed by atoms with van der Waals surface area (Å²) in [7, 11) is 1.62. The second-order valence-electron chi connectivity index (χ2n) is 5.72. The van der Waals surface area contributed by atoms with Gasteiger partial charge in [-0.3, -0.25) is 4.68 Å². The lowest BCUT2D eigenvalue weighted by molar-refractivity contribution is 0.0689. The lowest BCUT2D eigenvalue weighted by Crippen LogP contribution is -2.01. The molecular formula is C19H17FN2O3. The molecule has 0 bridgehead atoms. The number of carboxylic acid groups (broad SMARTS) is 1. The molecule has 0 aliphatic heterocycles. The molecule has 0 fully saturated rings. The van der Waals surface area contributed by atoms with Gasteiger partial charge in [-0.2, -0.15) is 5.10 Å². The van der Waals surface area contributed by atoms with E-state index in [1.54, 1.807) is 20.0 Å². The van der Waals surface area contributed by atoms with E-state index >= 15 is 0 Å². The van der Waals surface area contributed by atoms with E-state index in [4.69, 9.17) is 9.84 Å². The number of aromatic nitrogens is 2. The number of aromatic carboxylic acids is 1. The summed E-state index contributed by atoms with van der Waals surface area (Å²) in [6, 6.07) is 14.0. The van der Waals surface area contributed by atoms with E-state index < -0.39 is 11.8 Å². The fraction of sp³-hybridized carbons (Fsp3) is 0.158. The van der Waals surface area contributed by atoms with E-state index in [2.05, 4.69) is 5.10 Å². The third kappa shape index (κ3) is 3.52. The van der Waals surface area contributed by atoms with E-state index in [1.807, 2.05) is 30.3 Å². The number of carbonyl (C=O) groups is 1. The fourth-order valence-corrected chi connectivity index (χ4v) is 2.63. The largest absolute Gasteiger partial charge is 0.486 e. The van der Waals surface area contributed by atoms with Gasteiger partial charge < -0.3 is 9.84 Å². The lowest BCUT2D eigenvalue weighted by atomic mass is 10.1. The summed E-state index contributed by atoms with van der Waals surface area (Å²) >= 11 is 0. The Morgan fingerprint density at radius 3 is 2.56 bits per heavy atom. The van der Waals surface area contributed by atoms with E-state index in [0.717, 1.165) is 5.56 Å². The summed E-state index contributed by atoms with van der Waals surface area (Å²) in [6.45, 7) is 2.02. The average Bonchev–Trinajstić information content (AvgIpc) is 2.97. The van der Waals surface area contributed by atoms with Crippen LogP contribution >= 0.6 is 0 Å². The van der Waals surface area contributed by atoms with Crippen LogP contribution in [0.5, 0.6) is 5.75 Å². The van der Waals surface area contributed by atoms with Gasteiger partial charge in [-0.15, -0.1) is 0 Å². The highest BCUT2D eigenvalue weighted by Crippen LogP contribution is 2.30. The van der Waals surface area contributed by atoms with Gasteiger partial charge in [-0.25, -0.2) is 9.18 Å². The van der Waals surface area contributed by atoms with E-state index in [0.29, 0.717) is 16.8 Å². The van der Waals surface area contributed by atoms with Crippen molar-refractivity contribution >= 4 is 5.97 Å². The molecule has 0 aliphatic rings. The summed E-state index contributed by atoms with van der Waals surface area (Å²) in [5.74, 6) is -1.43. The molecule has 6 heteroatoms. The van der Waals surface area contributed by atoms with Crippen LogP contribution in [0.3, 0.4) is 0 Å². The topological polar surface area (TPSA) is 64.3 Å². The molecule has 1 heterocycles. The van der Waals surface area contributed by atoms with Crippen LogP contribution in [0, 0.1) is 12.7 Å². The molecule has 2 aromatic carbocycles. The molecule has 0 spiro atoms. The Morgan fingerprint density at radius 2 is 1.96 bits per heavy atom. The van der Waals surface area contributed by atoms with Gasteiger partial charge in [0.1, 0.15) is 6.61 Å². The number of nitrogens with zero attached hydrogens (tertiary/aromatic N) is 2. The first-order valence-corrected chi connectivity index (χ1v) is 7.70. The maximum atomic E-state index is 14.5. The molecule has 0 unspecified atom stereocenters. The van der Waals surface area contributed by atoms with Crippen molar-refractivity contribution in [2.24, 2.45) is 7.05 Å². The van der Waals surface area contributed by atoms with Gasteiger partial charge in [0.15, 0.2) is 17.3 Å². The Morgan fingerprint density at radius 1 is 1.24 bits per heavy atom. The molecule has 1 aromatic heterocycles. The second-order valence-corrected chi connectivity index (χ2v) is 5.72. The number of aryl methyl sites for hydroxylation is 2. The molecule has 5 nitrogen and oxygen atoms in total. The van der Waals surface area contributed by atoms with Crippen molar-refractivity contribution in [2.75, 3.05) is 0 Å². The van der Waals surface area contributed by atoms with Crippen molar-refractivity contribution < 1.29 is 19.0 Å². The Hall–Kier alpha value is -3.15. The molecule has 128 valence electrons. The number of rotatable bonds is 5. The molecular weight excluding hydrogens is 323 g/mol. The maximum Gasteiger partial charge on any atom is 0.356 e. The van der Waals surface area contributed by atoms with Gasteiger partial charge in [0.2, 0.25) is 0 Å². The highest BCUT2D eigenvalue weighted by atomic mass is 19.1. The number of ether oxygens (including phenoxy) is 1. The standard InChI is InChI=1S/C19H17FN2O3/c1-12-8-14(17-10-16(19(23)24)21-22(17)2)9-15(20)18(12)25-11-13-6-4-3-5-7-13/h3-10H,11H2,1-2H3,(H,23,24). The van der Waals surface area contributed by atoms with Crippen LogP contribution in [-0.2, 0) is 13.7 Å². The van der Waals surface area contributed by atoms with Crippen LogP contribution in [0.15, 0.2) is 48.5 Å². The van der Waals surface area contributed by atoms with Crippen LogP contribution in [0.4, 0.5) is 4.39 Å². The Bertz CT molecular complexity index is 897. The van der Waals surface area contributed by atoms with Crippen molar-refractivity contribution in [3.8, 4) is 17.0 Å². The minimum atomic E-state index is -1.12. The lowest BCUT2D eigenvalue weighted by Gasteiger charge is -2.12. The van der Waals surface area contributed by atoms with Crippen LogP contribution in [0.1, 0.15) is 21.6 Å². The number of halogens is 1. The van der Waals surface area contributed by atoms with Crippen LogP contribution < -0.4 is 4.74 Å². The highest BCUT2D eigenvalue weighted by molar-refractivity contribution is 5.87. The van der Waals surface area contributed by atoms with Crippen LogP contribution in [0.25, 0.3) is 11.3 Å². The molecule has 0 radical (unpaired) electrons. The zero-order valence-corrected chi connectivity index (χ0v) is 13.9. The summed E-state index contributed by atoms with van der Waals surface area (Å²) in [5.41, 5.74) is 2.56. The van der Waals surface area contributed by atoms with E-state index in [-0.39, 0.29) is 18.1 Å². The minimum Gasteiger partial charge on any atom is -0.486 e. The number of carboxylic acids is 1. The summed E-state index contributed by atoms with van der Waals surface area (Å²) in [4.78, 5) is 11.0. The van der Waals surface area contributed by atoms with Gasteiger partial charge in [-0.05, 0) is 36.2 Å². The SMILES string of the molecule is Cc1cc(-c2cc(C(=O)O)nn2C)cc(F)c1OCc1ccccc1. The Balaban J connectivity index is 1.89. The van der Waals surface area contributed by atoms with Gasteiger partial charge in [0.05, 0.1) is 5.69 Å². The van der Waals surface area contributed by atoms with Crippen LogP contribution in [0.2, 0.25) is 0 Å². The van der Waals surface area contributed by atoms with E-state index in [9.17, 15) is 9.18 Å². The molecule has 25 heavy (non-hydrogen) atoms. The average molecular weight is 340 g/mol. The Labute approximate surface area is 144 Å². The summed E-state index contributed by atoms with van der Waals surface area (Å²) in [6.07, 6.45) is 0. The number of benzene rings is 2. The summed E-state index contributed by atoms with van der Waals surface area (Å²) < 4.78 is 21.6. The number of hydrogen-bond acceptors (Lipinski definition) is 3. The predicted octanol–water partition coefficient (Wildman–Crippen LogP) is 3.81. The highest BCUT2D eigenvalue weighted by Gasteiger charge is 2.16. The zero-order valence-electron chi connectivity index (χ0n) is 13.9. The monoisotopic (exact) mass is 340 g/mol. The smallest absolute Gasteiger partial charge is 0.356 e. The normalized spacial score (nSPS) is 10.7. The molecule has 0 atom stereocenters. The Kier molecular flexibility index (Phi) is 4.52. The van der Waals surface area contributed by atoms with Crippen LogP contribution in [-0.4, -0.2) is 20.9 Å². The third-order valence-electron chi connectivity index (χ3n) is 3.85. The van der Waals surface area contributed by atoms with E-state index in [1.165, 1.54) is 16.8 Å². The molecule has 0 amide bonds. The molecule has 1 N–H and O–H groups in total. The first kappa shape index (κ1) is 16.7. The van der Waals surface area contributed by atoms with Crippen molar-refractivity contribution in [1.29, 1.82) is 0 Å². The zero-order chi connectivity index (χ0) is 18.0. The first-order chi connectivity index (χ1) is 12.0. The maximum absolute atomic E-state index is 14.5. The molecule has 3 aromatic rings. The van der Waals surface area contributed by atoms with Gasteiger partial charge in [0.25, 0.3) is 0 Å². The minimum absolute atomic E-state index is 0.0834. The number of hydrogen-bond donors (Lipinski definition) is 1. The van der Waals surface area contributed by atoms with Crippen molar-refractivity contribution in [3.05, 3.63) is 71.2 Å². The van der Waals surface area contributed by atoms with Crippen molar-refractivity contribution in [3.63, 3.8) is 0 Å². The quantitative estimate of drug-likeness (QED) is 0.767. The first-order valence-electron chi connectivity index (χ1n) is 7.70. The fourth-order valence-electron chi connectivity index (χ4n) is 2.63. The van der Waals surface area contributed by atoms with Crippen molar-refractivity contribution in [1.82, 2.24) is 9.78 Å². The van der Waals surface area contributed by atoms with Gasteiger partial charge in [0, 0.05) is 12.6 Å². The molecule has 3 rings (SSSR count). The third-order valence-corrected chi connectivity index (χ3v) is 3.85. The molecule has 0 saturated carbocycles. The predicted molar refractivity (Wildman–Crippen MR) is 91.1 cm³/mol. The summed E-state index contributed by atoms with van der Waals surface area (Å²) in [5, 5.41) is 12.9. The van der Waals surface area contributed by atoms with Gasteiger partial charge >= 0.3 is 5.97 Å².